The Labute approximate surface area is 185 Å². The van der Waals surface area contributed by atoms with Crippen LogP contribution in [0.1, 0.15) is 5.56 Å². The van der Waals surface area contributed by atoms with Gasteiger partial charge in [0, 0.05) is 22.4 Å². The van der Waals surface area contributed by atoms with Crippen LogP contribution in [-0.2, 0) is 17.0 Å². The SMILES string of the molecule is COCCn1c(SCc2cc3c(cc2Br)OCCO3)nc2cc(Cl)ccc2c1=O. The van der Waals surface area contributed by atoms with Crippen LogP contribution in [0.15, 0.2) is 44.8 Å². The van der Waals surface area contributed by atoms with Gasteiger partial charge in [0.25, 0.3) is 5.56 Å². The standard InChI is InChI=1S/C20H18BrClN2O4S/c1-26-5-4-24-19(25)14-3-2-13(22)9-16(14)23-20(24)29-11-12-8-17-18(10-15(12)21)28-7-6-27-17/h2-3,8-10H,4-7,11H2,1H3. The predicted octanol–water partition coefficient (Wildman–Crippen LogP) is 4.52. The molecule has 0 spiro atoms. The number of ether oxygens (including phenoxy) is 3. The molecule has 152 valence electrons. The average Bonchev–Trinajstić information content (AvgIpc) is 2.71. The number of nitrogens with zero attached hydrogens (tertiary/aromatic N) is 2. The monoisotopic (exact) mass is 496 g/mol. The van der Waals surface area contributed by atoms with E-state index in [4.69, 9.17) is 30.8 Å². The van der Waals surface area contributed by atoms with Gasteiger partial charge in [0.2, 0.25) is 0 Å². The summed E-state index contributed by atoms with van der Waals surface area (Å²) >= 11 is 11.2. The van der Waals surface area contributed by atoms with E-state index in [2.05, 4.69) is 15.9 Å². The molecule has 4 rings (SSSR count). The molecule has 0 atom stereocenters. The van der Waals surface area contributed by atoms with Crippen LogP contribution in [0.4, 0.5) is 0 Å². The van der Waals surface area contributed by atoms with Crippen molar-refractivity contribution in [1.82, 2.24) is 9.55 Å². The minimum atomic E-state index is -0.104. The molecule has 6 nitrogen and oxygen atoms in total. The van der Waals surface area contributed by atoms with E-state index in [9.17, 15) is 4.79 Å². The summed E-state index contributed by atoms with van der Waals surface area (Å²) in [6.45, 7) is 1.92. The highest BCUT2D eigenvalue weighted by atomic mass is 79.9. The number of methoxy groups -OCH3 is 1. The molecule has 0 bridgehead atoms. The molecule has 0 N–H and O–H groups in total. The molecule has 0 amide bonds. The zero-order valence-electron chi connectivity index (χ0n) is 15.6. The van der Waals surface area contributed by atoms with Gasteiger partial charge in [0.1, 0.15) is 13.2 Å². The molecule has 0 aliphatic carbocycles. The van der Waals surface area contributed by atoms with Gasteiger partial charge in [-0.05, 0) is 35.9 Å². The first-order chi connectivity index (χ1) is 14.1. The van der Waals surface area contributed by atoms with Crippen molar-refractivity contribution in [2.75, 3.05) is 26.9 Å². The third-order valence-corrected chi connectivity index (χ3v) is 6.47. The second-order valence-electron chi connectivity index (χ2n) is 6.38. The molecule has 1 aliphatic heterocycles. The van der Waals surface area contributed by atoms with Crippen LogP contribution in [0.25, 0.3) is 10.9 Å². The molecule has 0 unspecified atom stereocenters. The van der Waals surface area contributed by atoms with E-state index in [0.717, 1.165) is 21.5 Å². The fourth-order valence-corrected chi connectivity index (χ4v) is 4.85. The summed E-state index contributed by atoms with van der Waals surface area (Å²) in [5.41, 5.74) is 1.50. The fraction of sp³-hybridized carbons (Fsp3) is 0.300. The molecule has 3 aromatic rings. The van der Waals surface area contributed by atoms with E-state index >= 15 is 0 Å². The van der Waals surface area contributed by atoms with E-state index in [1.54, 1.807) is 29.9 Å². The first-order valence-corrected chi connectivity index (χ1v) is 11.1. The van der Waals surface area contributed by atoms with Crippen LogP contribution in [-0.4, -0.2) is 36.5 Å². The summed E-state index contributed by atoms with van der Waals surface area (Å²) in [6.07, 6.45) is 0. The van der Waals surface area contributed by atoms with Crippen molar-refractivity contribution in [3.63, 3.8) is 0 Å². The van der Waals surface area contributed by atoms with Gasteiger partial charge in [-0.2, -0.15) is 0 Å². The smallest absolute Gasteiger partial charge is 0.262 e. The van der Waals surface area contributed by atoms with Crippen LogP contribution in [0, 0.1) is 0 Å². The molecule has 29 heavy (non-hydrogen) atoms. The molecule has 0 saturated carbocycles. The van der Waals surface area contributed by atoms with E-state index in [-0.39, 0.29) is 5.56 Å². The minimum absolute atomic E-state index is 0.104. The minimum Gasteiger partial charge on any atom is -0.486 e. The van der Waals surface area contributed by atoms with Crippen molar-refractivity contribution in [3.8, 4) is 11.5 Å². The largest absolute Gasteiger partial charge is 0.486 e. The van der Waals surface area contributed by atoms with Gasteiger partial charge < -0.3 is 14.2 Å². The Balaban J connectivity index is 1.69. The molecule has 1 aliphatic rings. The van der Waals surface area contributed by atoms with E-state index in [1.807, 2.05) is 12.1 Å². The van der Waals surface area contributed by atoms with Gasteiger partial charge in [0.05, 0.1) is 24.1 Å². The summed E-state index contributed by atoms with van der Waals surface area (Å²) < 4.78 is 19.0. The van der Waals surface area contributed by atoms with Crippen LogP contribution in [0.3, 0.4) is 0 Å². The maximum Gasteiger partial charge on any atom is 0.262 e. The molecule has 0 saturated heterocycles. The maximum atomic E-state index is 13.0. The Morgan fingerprint density at radius 2 is 2.00 bits per heavy atom. The number of hydrogen-bond acceptors (Lipinski definition) is 6. The molecule has 0 fully saturated rings. The van der Waals surface area contributed by atoms with Gasteiger partial charge in [-0.3, -0.25) is 9.36 Å². The number of halogens is 2. The molecule has 0 radical (unpaired) electrons. The molecular weight excluding hydrogens is 480 g/mol. The molecule has 1 aromatic heterocycles. The quantitative estimate of drug-likeness (QED) is 0.368. The Morgan fingerprint density at radius 3 is 2.76 bits per heavy atom. The van der Waals surface area contributed by atoms with Crippen molar-refractivity contribution >= 4 is 50.2 Å². The predicted molar refractivity (Wildman–Crippen MR) is 118 cm³/mol. The lowest BCUT2D eigenvalue weighted by Gasteiger charge is -2.20. The zero-order valence-corrected chi connectivity index (χ0v) is 18.8. The van der Waals surface area contributed by atoms with E-state index in [1.165, 1.54) is 11.8 Å². The third-order valence-electron chi connectivity index (χ3n) is 4.47. The average molecular weight is 498 g/mol. The summed E-state index contributed by atoms with van der Waals surface area (Å²) in [4.78, 5) is 17.7. The summed E-state index contributed by atoms with van der Waals surface area (Å²) in [5.74, 6) is 2.06. The lowest BCUT2D eigenvalue weighted by Crippen LogP contribution is -2.25. The second-order valence-corrected chi connectivity index (χ2v) is 8.61. The van der Waals surface area contributed by atoms with Crippen LogP contribution in [0.2, 0.25) is 5.02 Å². The topological polar surface area (TPSA) is 62.6 Å². The second kappa shape index (κ2) is 8.95. The van der Waals surface area contributed by atoms with Gasteiger partial charge in [-0.25, -0.2) is 4.98 Å². The summed E-state index contributed by atoms with van der Waals surface area (Å²) in [7, 11) is 1.61. The van der Waals surface area contributed by atoms with Gasteiger partial charge in [-0.15, -0.1) is 0 Å². The Bertz CT molecular complexity index is 1120. The van der Waals surface area contributed by atoms with Crippen LogP contribution < -0.4 is 15.0 Å². The number of hydrogen-bond donors (Lipinski definition) is 0. The number of rotatable bonds is 6. The molecular formula is C20H18BrClN2O4S. The zero-order chi connectivity index (χ0) is 20.4. The highest BCUT2D eigenvalue weighted by Gasteiger charge is 2.17. The first kappa shape index (κ1) is 20.5. The highest BCUT2D eigenvalue weighted by Crippen LogP contribution is 2.37. The third kappa shape index (κ3) is 4.40. The van der Waals surface area contributed by atoms with Gasteiger partial charge >= 0.3 is 0 Å². The lowest BCUT2D eigenvalue weighted by atomic mass is 10.2. The van der Waals surface area contributed by atoms with Crippen molar-refractivity contribution in [3.05, 3.63) is 55.7 Å². The fourth-order valence-electron chi connectivity index (χ4n) is 3.02. The van der Waals surface area contributed by atoms with Crippen LogP contribution >= 0.6 is 39.3 Å². The Kier molecular flexibility index (Phi) is 6.34. The molecule has 2 aromatic carbocycles. The van der Waals surface area contributed by atoms with E-state index in [0.29, 0.717) is 53.2 Å². The number of fused-ring (bicyclic) bond motifs is 2. The lowest BCUT2D eigenvalue weighted by molar-refractivity contribution is 0.171. The summed E-state index contributed by atoms with van der Waals surface area (Å²) in [6, 6.07) is 9.00. The van der Waals surface area contributed by atoms with Crippen molar-refractivity contribution in [2.24, 2.45) is 0 Å². The maximum absolute atomic E-state index is 13.0. The Hall–Kier alpha value is -1.74. The number of benzene rings is 2. The van der Waals surface area contributed by atoms with Crippen molar-refractivity contribution in [1.29, 1.82) is 0 Å². The highest BCUT2D eigenvalue weighted by molar-refractivity contribution is 9.10. The number of aromatic nitrogens is 2. The summed E-state index contributed by atoms with van der Waals surface area (Å²) in [5, 5.41) is 1.70. The Morgan fingerprint density at radius 1 is 1.24 bits per heavy atom. The van der Waals surface area contributed by atoms with E-state index < -0.39 is 0 Å². The normalized spacial score (nSPS) is 13.1. The molecule has 2 heterocycles. The van der Waals surface area contributed by atoms with Crippen molar-refractivity contribution in [2.45, 2.75) is 17.5 Å². The van der Waals surface area contributed by atoms with Crippen molar-refractivity contribution < 1.29 is 14.2 Å². The van der Waals surface area contributed by atoms with Gasteiger partial charge in [-0.1, -0.05) is 39.3 Å². The van der Waals surface area contributed by atoms with Crippen LogP contribution in [0.5, 0.6) is 11.5 Å². The molecule has 9 heteroatoms. The first-order valence-electron chi connectivity index (χ1n) is 8.96. The van der Waals surface area contributed by atoms with Gasteiger partial charge in [0.15, 0.2) is 16.7 Å². The number of thioether (sulfide) groups is 1.